The Bertz CT molecular complexity index is 637. The first-order chi connectivity index (χ1) is 9.91. The SMILES string of the molecule is CC(C)N1C(=O)CCC(N2Cc3c(csc3N)C2=O)C1=O. The van der Waals surface area contributed by atoms with E-state index < -0.39 is 6.04 Å². The van der Waals surface area contributed by atoms with Crippen LogP contribution in [0.15, 0.2) is 5.38 Å². The molecule has 0 radical (unpaired) electrons. The number of nitrogen functional groups attached to an aromatic ring is 1. The van der Waals surface area contributed by atoms with Gasteiger partial charge in [-0.3, -0.25) is 19.3 Å². The minimum atomic E-state index is -0.561. The number of anilines is 1. The molecule has 0 aliphatic carbocycles. The molecule has 2 aliphatic rings. The number of carbonyl (C=O) groups excluding carboxylic acids is 3. The van der Waals surface area contributed by atoms with E-state index in [-0.39, 0.29) is 23.8 Å². The van der Waals surface area contributed by atoms with Gasteiger partial charge in [0.25, 0.3) is 11.8 Å². The summed E-state index contributed by atoms with van der Waals surface area (Å²) in [6.45, 7) is 3.97. The zero-order valence-electron chi connectivity index (χ0n) is 12.0. The highest BCUT2D eigenvalue weighted by Gasteiger charge is 2.44. The molecule has 2 N–H and O–H groups in total. The largest absolute Gasteiger partial charge is 0.390 e. The van der Waals surface area contributed by atoms with Gasteiger partial charge in [0.2, 0.25) is 5.91 Å². The van der Waals surface area contributed by atoms with E-state index >= 15 is 0 Å². The Morgan fingerprint density at radius 1 is 1.33 bits per heavy atom. The van der Waals surface area contributed by atoms with Gasteiger partial charge in [-0.2, -0.15) is 0 Å². The summed E-state index contributed by atoms with van der Waals surface area (Å²) in [5, 5.41) is 2.37. The fourth-order valence-electron chi connectivity index (χ4n) is 3.01. The van der Waals surface area contributed by atoms with Crippen molar-refractivity contribution in [3.8, 4) is 0 Å². The molecule has 0 saturated carbocycles. The lowest BCUT2D eigenvalue weighted by molar-refractivity contribution is -0.154. The van der Waals surface area contributed by atoms with Crippen molar-refractivity contribution in [2.45, 2.75) is 45.3 Å². The van der Waals surface area contributed by atoms with E-state index in [1.54, 1.807) is 24.1 Å². The van der Waals surface area contributed by atoms with Gasteiger partial charge in [0.15, 0.2) is 0 Å². The Kier molecular flexibility index (Phi) is 3.24. The summed E-state index contributed by atoms with van der Waals surface area (Å²) in [6.07, 6.45) is 0.681. The lowest BCUT2D eigenvalue weighted by Gasteiger charge is -2.37. The molecule has 6 nitrogen and oxygen atoms in total. The fourth-order valence-corrected chi connectivity index (χ4v) is 3.81. The topological polar surface area (TPSA) is 83.7 Å². The number of nitrogens with zero attached hydrogens (tertiary/aromatic N) is 2. The van der Waals surface area contributed by atoms with E-state index in [0.717, 1.165) is 5.56 Å². The van der Waals surface area contributed by atoms with Crippen LogP contribution in [0.2, 0.25) is 0 Å². The van der Waals surface area contributed by atoms with Crippen molar-refractivity contribution in [3.63, 3.8) is 0 Å². The highest BCUT2D eigenvalue weighted by Crippen LogP contribution is 2.35. The number of amides is 3. The smallest absolute Gasteiger partial charge is 0.256 e. The average molecular weight is 307 g/mol. The third-order valence-electron chi connectivity index (χ3n) is 4.06. The average Bonchev–Trinajstić information content (AvgIpc) is 2.92. The normalized spacial score (nSPS) is 22.4. The second-order valence-electron chi connectivity index (χ2n) is 5.68. The van der Waals surface area contributed by atoms with Crippen molar-refractivity contribution in [3.05, 3.63) is 16.5 Å². The lowest BCUT2D eigenvalue weighted by atomic mass is 10.0. The minimum Gasteiger partial charge on any atom is -0.390 e. The van der Waals surface area contributed by atoms with Crippen LogP contribution in [0.4, 0.5) is 5.00 Å². The maximum Gasteiger partial charge on any atom is 0.256 e. The van der Waals surface area contributed by atoms with E-state index in [1.807, 2.05) is 0 Å². The molecule has 112 valence electrons. The molecule has 1 atom stereocenters. The molecule has 3 amide bonds. The number of thiophene rings is 1. The van der Waals surface area contributed by atoms with E-state index in [4.69, 9.17) is 5.73 Å². The molecular formula is C14H17N3O3S. The van der Waals surface area contributed by atoms with Gasteiger partial charge < -0.3 is 10.6 Å². The van der Waals surface area contributed by atoms with Crippen molar-refractivity contribution in [1.29, 1.82) is 0 Å². The van der Waals surface area contributed by atoms with Crippen molar-refractivity contribution in [2.75, 3.05) is 5.73 Å². The number of hydrogen-bond acceptors (Lipinski definition) is 5. The molecule has 3 heterocycles. The number of carbonyl (C=O) groups is 3. The van der Waals surface area contributed by atoms with Crippen LogP contribution in [0.5, 0.6) is 0 Å². The van der Waals surface area contributed by atoms with Gasteiger partial charge in [0.1, 0.15) is 6.04 Å². The van der Waals surface area contributed by atoms with Gasteiger partial charge in [0, 0.05) is 23.4 Å². The fraction of sp³-hybridized carbons (Fsp3) is 0.500. The predicted octanol–water partition coefficient (Wildman–Crippen LogP) is 1.21. The summed E-state index contributed by atoms with van der Waals surface area (Å²) in [5.74, 6) is -0.594. The number of rotatable bonds is 2. The quantitative estimate of drug-likeness (QED) is 0.832. The highest BCUT2D eigenvalue weighted by atomic mass is 32.1. The summed E-state index contributed by atoms with van der Waals surface area (Å²) >= 11 is 1.35. The van der Waals surface area contributed by atoms with Crippen LogP contribution in [-0.4, -0.2) is 39.6 Å². The van der Waals surface area contributed by atoms with Crippen LogP contribution in [0.3, 0.4) is 0 Å². The monoisotopic (exact) mass is 307 g/mol. The second-order valence-corrected chi connectivity index (χ2v) is 6.59. The molecule has 7 heteroatoms. The number of nitrogens with two attached hydrogens (primary N) is 1. The van der Waals surface area contributed by atoms with Gasteiger partial charge >= 0.3 is 0 Å². The summed E-state index contributed by atoms with van der Waals surface area (Å²) in [5.41, 5.74) is 7.27. The van der Waals surface area contributed by atoms with Crippen molar-refractivity contribution >= 4 is 34.1 Å². The van der Waals surface area contributed by atoms with Crippen LogP contribution in [0, 0.1) is 0 Å². The Morgan fingerprint density at radius 2 is 2.05 bits per heavy atom. The van der Waals surface area contributed by atoms with E-state index in [9.17, 15) is 14.4 Å². The summed E-state index contributed by atoms with van der Waals surface area (Å²) < 4.78 is 0. The van der Waals surface area contributed by atoms with Gasteiger partial charge in [-0.05, 0) is 20.3 Å². The standard InChI is InChI=1S/C14H17N3O3S/c1-7(2)17-11(18)4-3-10(14(17)20)16-5-8-9(13(16)19)6-21-12(8)15/h6-7,10H,3-5,15H2,1-2H3. The van der Waals surface area contributed by atoms with Gasteiger partial charge in [-0.1, -0.05) is 0 Å². The molecule has 3 rings (SSSR count). The van der Waals surface area contributed by atoms with Gasteiger partial charge in [-0.25, -0.2) is 0 Å². The molecule has 0 bridgehead atoms. The number of imide groups is 1. The summed E-state index contributed by atoms with van der Waals surface area (Å²) in [6, 6.07) is -0.751. The number of piperidine rings is 1. The molecule has 1 fully saturated rings. The van der Waals surface area contributed by atoms with E-state index in [0.29, 0.717) is 30.0 Å². The van der Waals surface area contributed by atoms with E-state index in [2.05, 4.69) is 0 Å². The lowest BCUT2D eigenvalue weighted by Crippen LogP contribution is -2.56. The second kappa shape index (κ2) is 4.84. The third kappa shape index (κ3) is 2.03. The van der Waals surface area contributed by atoms with E-state index in [1.165, 1.54) is 16.2 Å². The molecule has 21 heavy (non-hydrogen) atoms. The molecule has 2 aliphatic heterocycles. The zero-order valence-corrected chi connectivity index (χ0v) is 12.8. The van der Waals surface area contributed by atoms with Gasteiger partial charge in [0.05, 0.1) is 17.1 Å². The Hall–Kier alpha value is -1.89. The van der Waals surface area contributed by atoms with Crippen molar-refractivity contribution in [2.24, 2.45) is 0 Å². The molecule has 1 aromatic heterocycles. The van der Waals surface area contributed by atoms with Crippen LogP contribution in [0.25, 0.3) is 0 Å². The van der Waals surface area contributed by atoms with Crippen LogP contribution in [-0.2, 0) is 16.1 Å². The van der Waals surface area contributed by atoms with Crippen LogP contribution < -0.4 is 5.73 Å². The van der Waals surface area contributed by atoms with Crippen molar-refractivity contribution < 1.29 is 14.4 Å². The first-order valence-electron chi connectivity index (χ1n) is 6.94. The number of likely N-dealkylation sites (tertiary alicyclic amines) is 1. The van der Waals surface area contributed by atoms with Gasteiger partial charge in [-0.15, -0.1) is 11.3 Å². The molecule has 1 aromatic rings. The van der Waals surface area contributed by atoms with Crippen LogP contribution in [0.1, 0.15) is 42.6 Å². The molecule has 0 spiro atoms. The summed E-state index contributed by atoms with van der Waals surface area (Å²) in [7, 11) is 0. The first-order valence-corrected chi connectivity index (χ1v) is 7.82. The highest BCUT2D eigenvalue weighted by molar-refractivity contribution is 7.14. The maximum atomic E-state index is 12.6. The molecule has 1 saturated heterocycles. The third-order valence-corrected chi connectivity index (χ3v) is 4.92. The Labute approximate surface area is 126 Å². The van der Waals surface area contributed by atoms with Crippen molar-refractivity contribution in [1.82, 2.24) is 9.80 Å². The molecular weight excluding hydrogens is 290 g/mol. The number of fused-ring (bicyclic) bond motifs is 1. The van der Waals surface area contributed by atoms with Crippen LogP contribution >= 0.6 is 11.3 Å². The molecule has 0 aromatic carbocycles. The zero-order chi connectivity index (χ0) is 15.3. The Morgan fingerprint density at radius 3 is 2.67 bits per heavy atom. The molecule has 1 unspecified atom stereocenters. The maximum absolute atomic E-state index is 12.6. The Balaban J connectivity index is 1.87. The summed E-state index contributed by atoms with van der Waals surface area (Å²) in [4.78, 5) is 39.7. The predicted molar refractivity (Wildman–Crippen MR) is 78.6 cm³/mol. The first kappa shape index (κ1) is 14.1. The minimum absolute atomic E-state index is 0.158. The number of hydrogen-bond donors (Lipinski definition) is 1.